The second kappa shape index (κ2) is 10.7. The summed E-state index contributed by atoms with van der Waals surface area (Å²) in [5, 5.41) is 20.0. The third-order valence-electron chi connectivity index (χ3n) is 6.66. The highest BCUT2D eigenvalue weighted by Crippen LogP contribution is 2.34. The molecule has 1 N–H and O–H groups in total. The number of fused-ring (bicyclic) bond motifs is 1. The number of aromatic carboxylic acids is 1. The SMILES string of the molecule is Cc1cc(Cl)c(COc2cccc3c(-c4ccc(C(=O)O)n4C)cc(C)nc23)c(Cn2cccc(C#N)c2=O)n1. The Kier molecular flexibility index (Phi) is 7.11. The molecule has 0 spiro atoms. The number of rotatable bonds is 7. The average molecular weight is 554 g/mol. The number of para-hydroxylation sites is 1. The van der Waals surface area contributed by atoms with E-state index in [1.165, 1.54) is 10.6 Å². The zero-order chi connectivity index (χ0) is 28.6. The predicted octanol–water partition coefficient (Wildman–Crippen LogP) is 5.26. The van der Waals surface area contributed by atoms with Gasteiger partial charge in [-0.2, -0.15) is 5.26 Å². The minimum atomic E-state index is -1.01. The van der Waals surface area contributed by atoms with Gasteiger partial charge in [-0.05, 0) is 56.3 Å². The van der Waals surface area contributed by atoms with Crippen molar-refractivity contribution in [3.8, 4) is 23.1 Å². The van der Waals surface area contributed by atoms with Gasteiger partial charge in [-0.3, -0.25) is 9.78 Å². The quantitative estimate of drug-likeness (QED) is 0.291. The number of aryl methyl sites for hydroxylation is 2. The number of halogens is 1. The molecule has 0 amide bonds. The molecule has 10 heteroatoms. The standard InChI is InChI=1S/C30H24ClN5O4/c1-17-12-21(25-9-10-26(30(38)39)35(25)3)20-7-4-8-27(28(20)34-17)40-16-22-23(31)13-18(2)33-24(22)15-36-11-5-6-19(14-32)29(36)37/h4-13H,15-16H2,1-3H3,(H,38,39). The van der Waals surface area contributed by atoms with Gasteiger partial charge in [0.05, 0.1) is 17.3 Å². The summed E-state index contributed by atoms with van der Waals surface area (Å²) in [4.78, 5) is 33.6. The average Bonchev–Trinajstić information content (AvgIpc) is 3.30. The van der Waals surface area contributed by atoms with E-state index in [4.69, 9.17) is 21.3 Å². The van der Waals surface area contributed by atoms with Crippen molar-refractivity contribution in [1.29, 1.82) is 5.26 Å². The van der Waals surface area contributed by atoms with Gasteiger partial charge in [-0.15, -0.1) is 0 Å². The Morgan fingerprint density at radius 2 is 1.88 bits per heavy atom. The Balaban J connectivity index is 1.54. The Labute approximate surface area is 234 Å². The van der Waals surface area contributed by atoms with E-state index in [0.29, 0.717) is 33.2 Å². The number of hydrogen-bond donors (Lipinski definition) is 1. The molecule has 1 aromatic carbocycles. The molecule has 0 radical (unpaired) electrons. The number of nitriles is 1. The molecule has 5 aromatic rings. The van der Waals surface area contributed by atoms with Crippen LogP contribution >= 0.6 is 11.6 Å². The number of benzene rings is 1. The Hall–Kier alpha value is -4.94. The smallest absolute Gasteiger partial charge is 0.352 e. The van der Waals surface area contributed by atoms with Crippen LogP contribution in [0.1, 0.15) is 38.7 Å². The van der Waals surface area contributed by atoms with Gasteiger partial charge in [0.2, 0.25) is 0 Å². The molecular weight excluding hydrogens is 530 g/mol. The van der Waals surface area contributed by atoms with E-state index in [-0.39, 0.29) is 24.4 Å². The number of aromatic nitrogens is 4. The highest BCUT2D eigenvalue weighted by molar-refractivity contribution is 6.31. The molecule has 0 saturated carbocycles. The largest absolute Gasteiger partial charge is 0.486 e. The number of nitrogens with zero attached hydrogens (tertiary/aromatic N) is 5. The number of ether oxygens (including phenoxy) is 1. The van der Waals surface area contributed by atoms with Gasteiger partial charge in [-0.1, -0.05) is 23.7 Å². The first-order chi connectivity index (χ1) is 19.2. The van der Waals surface area contributed by atoms with Crippen LogP contribution in [0.15, 0.2) is 65.6 Å². The van der Waals surface area contributed by atoms with Crippen LogP contribution in [0.5, 0.6) is 5.75 Å². The van der Waals surface area contributed by atoms with E-state index < -0.39 is 11.5 Å². The van der Waals surface area contributed by atoms with Crippen LogP contribution in [-0.4, -0.2) is 30.2 Å². The molecular formula is C30H24ClN5O4. The summed E-state index contributed by atoms with van der Waals surface area (Å²) in [6, 6.07) is 17.6. The molecule has 0 fully saturated rings. The molecule has 4 heterocycles. The summed E-state index contributed by atoms with van der Waals surface area (Å²) in [7, 11) is 1.71. The summed E-state index contributed by atoms with van der Waals surface area (Å²) >= 11 is 6.63. The fraction of sp³-hybridized carbons (Fsp3) is 0.167. The van der Waals surface area contributed by atoms with Gasteiger partial charge in [0.15, 0.2) is 0 Å². The second-order valence-corrected chi connectivity index (χ2v) is 9.76. The molecule has 4 aromatic heterocycles. The number of carboxylic acids is 1. The van der Waals surface area contributed by atoms with E-state index in [1.54, 1.807) is 42.1 Å². The van der Waals surface area contributed by atoms with Crippen molar-refractivity contribution < 1.29 is 14.6 Å². The predicted molar refractivity (Wildman–Crippen MR) is 151 cm³/mol. The summed E-state index contributed by atoms with van der Waals surface area (Å²) in [6.07, 6.45) is 1.60. The summed E-state index contributed by atoms with van der Waals surface area (Å²) in [5.74, 6) is -0.491. The summed E-state index contributed by atoms with van der Waals surface area (Å²) in [6.45, 7) is 3.86. The number of carbonyl (C=O) groups is 1. The third-order valence-corrected chi connectivity index (χ3v) is 7.00. The molecule has 0 bridgehead atoms. The van der Waals surface area contributed by atoms with Crippen molar-refractivity contribution >= 4 is 28.5 Å². The fourth-order valence-corrected chi connectivity index (χ4v) is 5.06. The van der Waals surface area contributed by atoms with E-state index in [9.17, 15) is 20.0 Å². The van der Waals surface area contributed by atoms with Gasteiger partial charge >= 0.3 is 5.97 Å². The van der Waals surface area contributed by atoms with Crippen LogP contribution in [-0.2, 0) is 20.2 Å². The molecule has 0 atom stereocenters. The van der Waals surface area contributed by atoms with Gasteiger partial charge < -0.3 is 19.0 Å². The molecule has 0 aliphatic rings. The molecule has 0 unspecified atom stereocenters. The van der Waals surface area contributed by atoms with Crippen molar-refractivity contribution in [1.82, 2.24) is 19.1 Å². The van der Waals surface area contributed by atoms with E-state index in [2.05, 4.69) is 4.98 Å². The van der Waals surface area contributed by atoms with Crippen molar-refractivity contribution in [2.45, 2.75) is 27.0 Å². The second-order valence-electron chi connectivity index (χ2n) is 9.36. The van der Waals surface area contributed by atoms with Gasteiger partial charge in [0, 0.05) is 46.8 Å². The first-order valence-corrected chi connectivity index (χ1v) is 12.7. The highest BCUT2D eigenvalue weighted by Gasteiger charge is 2.18. The zero-order valence-electron chi connectivity index (χ0n) is 22.0. The van der Waals surface area contributed by atoms with Crippen LogP contribution in [0.4, 0.5) is 0 Å². The first kappa shape index (κ1) is 26.7. The van der Waals surface area contributed by atoms with Crippen molar-refractivity contribution in [3.05, 3.63) is 110 Å². The van der Waals surface area contributed by atoms with Crippen molar-refractivity contribution in [3.63, 3.8) is 0 Å². The lowest BCUT2D eigenvalue weighted by atomic mass is 10.0. The van der Waals surface area contributed by atoms with E-state index in [0.717, 1.165) is 22.3 Å². The molecule has 0 aliphatic heterocycles. The summed E-state index contributed by atoms with van der Waals surface area (Å²) in [5.41, 5.74) is 4.58. The maximum atomic E-state index is 12.7. The van der Waals surface area contributed by atoms with Crippen LogP contribution in [0.2, 0.25) is 5.02 Å². The molecule has 0 aliphatic carbocycles. The Bertz CT molecular complexity index is 1900. The molecule has 40 heavy (non-hydrogen) atoms. The molecule has 200 valence electrons. The Morgan fingerprint density at radius 3 is 2.60 bits per heavy atom. The molecule has 5 rings (SSSR count). The topological polar surface area (TPSA) is 123 Å². The maximum absolute atomic E-state index is 12.7. The van der Waals surface area contributed by atoms with Crippen LogP contribution in [0.25, 0.3) is 22.2 Å². The van der Waals surface area contributed by atoms with Gasteiger partial charge in [-0.25, -0.2) is 9.78 Å². The van der Waals surface area contributed by atoms with Crippen LogP contribution in [0.3, 0.4) is 0 Å². The summed E-state index contributed by atoms with van der Waals surface area (Å²) < 4.78 is 9.32. The molecule has 9 nitrogen and oxygen atoms in total. The maximum Gasteiger partial charge on any atom is 0.352 e. The van der Waals surface area contributed by atoms with Gasteiger partial charge in [0.1, 0.15) is 35.2 Å². The Morgan fingerprint density at radius 1 is 1.10 bits per heavy atom. The lowest BCUT2D eigenvalue weighted by Gasteiger charge is -2.16. The lowest BCUT2D eigenvalue weighted by Crippen LogP contribution is -2.23. The lowest BCUT2D eigenvalue weighted by molar-refractivity contribution is 0.0686. The zero-order valence-corrected chi connectivity index (χ0v) is 22.7. The van der Waals surface area contributed by atoms with Crippen molar-refractivity contribution in [2.24, 2.45) is 7.05 Å². The number of pyridine rings is 3. The third kappa shape index (κ3) is 4.93. The minimum Gasteiger partial charge on any atom is -0.486 e. The van der Waals surface area contributed by atoms with Gasteiger partial charge in [0.25, 0.3) is 5.56 Å². The first-order valence-electron chi connectivity index (χ1n) is 12.3. The minimum absolute atomic E-state index is 0.0424. The van der Waals surface area contributed by atoms with E-state index >= 15 is 0 Å². The van der Waals surface area contributed by atoms with Crippen molar-refractivity contribution in [2.75, 3.05) is 0 Å². The van der Waals surface area contributed by atoms with Crippen LogP contribution < -0.4 is 10.3 Å². The number of carboxylic acid groups (broad SMARTS) is 1. The van der Waals surface area contributed by atoms with E-state index in [1.807, 2.05) is 44.2 Å². The highest BCUT2D eigenvalue weighted by atomic mass is 35.5. The molecule has 0 saturated heterocycles. The van der Waals surface area contributed by atoms with Crippen LogP contribution in [0, 0.1) is 25.2 Å². The normalized spacial score (nSPS) is 11.0. The fourth-order valence-electron chi connectivity index (χ4n) is 4.74. The monoisotopic (exact) mass is 553 g/mol. The number of hydrogen-bond acceptors (Lipinski definition) is 6.